The van der Waals surface area contributed by atoms with E-state index in [1.165, 1.54) is 5.56 Å². The molecule has 0 aliphatic carbocycles. The Morgan fingerprint density at radius 2 is 2.06 bits per heavy atom. The molecule has 0 bridgehead atoms. The first-order valence-corrected chi connectivity index (χ1v) is 5.86. The minimum Gasteiger partial charge on any atom is -0.370 e. The van der Waals surface area contributed by atoms with Gasteiger partial charge in [-0.05, 0) is 5.56 Å². The summed E-state index contributed by atoms with van der Waals surface area (Å²) in [5.41, 5.74) is 1.17. The van der Waals surface area contributed by atoms with Crippen molar-refractivity contribution in [3.63, 3.8) is 0 Å². The quantitative estimate of drug-likeness (QED) is 0.746. The van der Waals surface area contributed by atoms with Crippen molar-refractivity contribution in [3.8, 4) is 0 Å². The highest BCUT2D eigenvalue weighted by Gasteiger charge is 2.52. The number of hydrogen-bond donors (Lipinski definition) is 0. The van der Waals surface area contributed by atoms with Crippen molar-refractivity contribution in [1.29, 1.82) is 0 Å². The van der Waals surface area contributed by atoms with Crippen LogP contribution in [0.5, 0.6) is 0 Å². The van der Waals surface area contributed by atoms with Crippen LogP contribution in [0.4, 0.5) is 0 Å². The Kier molecular flexibility index (Phi) is 3.11. The lowest BCUT2D eigenvalue weighted by Crippen LogP contribution is -2.35. The molecule has 4 heteroatoms. The molecule has 17 heavy (non-hydrogen) atoms. The molecule has 3 rings (SSSR count). The van der Waals surface area contributed by atoms with E-state index in [1.807, 2.05) is 18.2 Å². The second-order valence-electron chi connectivity index (χ2n) is 4.34. The lowest BCUT2D eigenvalue weighted by Gasteiger charge is -2.25. The summed E-state index contributed by atoms with van der Waals surface area (Å²) in [6.45, 7) is 0.606. The van der Waals surface area contributed by atoms with Crippen molar-refractivity contribution in [2.75, 3.05) is 7.11 Å². The molecule has 4 atom stereocenters. The molecule has 0 amide bonds. The predicted molar refractivity (Wildman–Crippen MR) is 60.2 cm³/mol. The first kappa shape index (κ1) is 11.2. The van der Waals surface area contributed by atoms with Crippen LogP contribution in [0.25, 0.3) is 0 Å². The highest BCUT2D eigenvalue weighted by atomic mass is 16.8. The van der Waals surface area contributed by atoms with Gasteiger partial charge >= 0.3 is 0 Å². The third-order valence-corrected chi connectivity index (χ3v) is 3.13. The average molecular weight is 236 g/mol. The highest BCUT2D eigenvalue weighted by Crippen LogP contribution is 2.37. The van der Waals surface area contributed by atoms with Gasteiger partial charge in [0.15, 0.2) is 12.6 Å². The fourth-order valence-corrected chi connectivity index (χ4v) is 2.10. The summed E-state index contributed by atoms with van der Waals surface area (Å²) in [4.78, 5) is 0. The summed E-state index contributed by atoms with van der Waals surface area (Å²) in [6, 6.07) is 10.1. The molecule has 1 aromatic carbocycles. The van der Waals surface area contributed by atoms with Gasteiger partial charge in [-0.25, -0.2) is 0 Å². The summed E-state index contributed by atoms with van der Waals surface area (Å²) >= 11 is 0. The molecule has 0 N–H and O–H groups in total. The van der Waals surface area contributed by atoms with Crippen LogP contribution in [0.15, 0.2) is 30.3 Å². The van der Waals surface area contributed by atoms with Gasteiger partial charge in [0.2, 0.25) is 0 Å². The Balaban J connectivity index is 1.55. The molecule has 2 fully saturated rings. The summed E-state index contributed by atoms with van der Waals surface area (Å²) in [5.74, 6) is 0. The number of methoxy groups -OCH3 is 1. The third kappa shape index (κ3) is 2.50. The SMILES string of the molecule is CO[C@H]1C[C@@H](OCc2ccccc2)[C@@H]2O[C@@H]2O1. The number of epoxide rings is 1. The van der Waals surface area contributed by atoms with Gasteiger partial charge in [0.25, 0.3) is 0 Å². The van der Waals surface area contributed by atoms with Gasteiger partial charge in [0, 0.05) is 13.5 Å². The molecule has 0 spiro atoms. The van der Waals surface area contributed by atoms with Crippen molar-refractivity contribution in [1.82, 2.24) is 0 Å². The zero-order chi connectivity index (χ0) is 11.7. The molecule has 2 saturated heterocycles. The van der Waals surface area contributed by atoms with Crippen molar-refractivity contribution in [2.45, 2.75) is 37.8 Å². The fourth-order valence-electron chi connectivity index (χ4n) is 2.10. The number of rotatable bonds is 4. The van der Waals surface area contributed by atoms with Gasteiger partial charge in [0.05, 0.1) is 12.7 Å². The Hall–Kier alpha value is -0.940. The fraction of sp³-hybridized carbons (Fsp3) is 0.538. The largest absolute Gasteiger partial charge is 0.370 e. The predicted octanol–water partition coefficient (Wildman–Crippen LogP) is 1.69. The van der Waals surface area contributed by atoms with Crippen molar-refractivity contribution in [3.05, 3.63) is 35.9 Å². The van der Waals surface area contributed by atoms with Crippen LogP contribution in [-0.4, -0.2) is 31.9 Å². The van der Waals surface area contributed by atoms with Crippen LogP contribution in [0.1, 0.15) is 12.0 Å². The zero-order valence-corrected chi connectivity index (χ0v) is 9.74. The Bertz CT molecular complexity index is 367. The molecule has 0 aromatic heterocycles. The van der Waals surface area contributed by atoms with Crippen LogP contribution in [0, 0.1) is 0 Å². The van der Waals surface area contributed by atoms with Gasteiger partial charge in [-0.1, -0.05) is 30.3 Å². The summed E-state index contributed by atoms with van der Waals surface area (Å²) in [7, 11) is 1.64. The van der Waals surface area contributed by atoms with E-state index in [9.17, 15) is 0 Å². The second-order valence-corrected chi connectivity index (χ2v) is 4.34. The summed E-state index contributed by atoms with van der Waals surface area (Å²) in [5, 5.41) is 0. The Morgan fingerprint density at radius 1 is 1.24 bits per heavy atom. The van der Waals surface area contributed by atoms with Crippen LogP contribution in [0.2, 0.25) is 0 Å². The van der Waals surface area contributed by atoms with E-state index in [0.717, 1.165) is 6.42 Å². The number of ether oxygens (including phenoxy) is 4. The molecular formula is C13H16O4. The molecular weight excluding hydrogens is 220 g/mol. The van der Waals surface area contributed by atoms with Crippen molar-refractivity contribution >= 4 is 0 Å². The van der Waals surface area contributed by atoms with E-state index in [-0.39, 0.29) is 24.8 Å². The van der Waals surface area contributed by atoms with Crippen LogP contribution >= 0.6 is 0 Å². The standard InChI is InChI=1S/C13H16O4/c1-14-11-7-10(12-13(16-11)17-12)15-8-9-5-3-2-4-6-9/h2-6,10-13H,7-8H2,1H3/t10-,11-,12+,13+/m1/s1. The van der Waals surface area contributed by atoms with E-state index in [4.69, 9.17) is 18.9 Å². The first-order chi connectivity index (χ1) is 8.36. The Labute approximate surface area is 100 Å². The second kappa shape index (κ2) is 4.74. The van der Waals surface area contributed by atoms with Gasteiger partial charge in [0.1, 0.15) is 6.10 Å². The molecule has 0 saturated carbocycles. The maximum Gasteiger partial charge on any atom is 0.190 e. The number of fused-ring (bicyclic) bond motifs is 1. The number of hydrogen-bond acceptors (Lipinski definition) is 4. The molecule has 4 nitrogen and oxygen atoms in total. The number of benzene rings is 1. The average Bonchev–Trinajstić information content (AvgIpc) is 3.16. The molecule has 92 valence electrons. The lowest BCUT2D eigenvalue weighted by molar-refractivity contribution is -0.184. The van der Waals surface area contributed by atoms with E-state index < -0.39 is 0 Å². The van der Waals surface area contributed by atoms with E-state index >= 15 is 0 Å². The maximum absolute atomic E-state index is 5.87. The maximum atomic E-state index is 5.87. The summed E-state index contributed by atoms with van der Waals surface area (Å²) in [6.07, 6.45) is 0.544. The monoisotopic (exact) mass is 236 g/mol. The van der Waals surface area contributed by atoms with Crippen molar-refractivity contribution < 1.29 is 18.9 Å². The smallest absolute Gasteiger partial charge is 0.190 e. The van der Waals surface area contributed by atoms with Crippen LogP contribution < -0.4 is 0 Å². The minimum absolute atomic E-state index is 0.0684. The Morgan fingerprint density at radius 3 is 2.82 bits per heavy atom. The zero-order valence-electron chi connectivity index (χ0n) is 9.74. The highest BCUT2D eigenvalue weighted by molar-refractivity contribution is 5.13. The van der Waals surface area contributed by atoms with Gasteiger partial charge in [-0.15, -0.1) is 0 Å². The summed E-state index contributed by atoms with van der Waals surface area (Å²) < 4.78 is 21.9. The molecule has 2 aliphatic heterocycles. The lowest BCUT2D eigenvalue weighted by atomic mass is 10.1. The molecule has 2 aliphatic rings. The normalized spacial score (nSPS) is 35.4. The van der Waals surface area contributed by atoms with Gasteiger partial charge in [-0.3, -0.25) is 0 Å². The van der Waals surface area contributed by atoms with Crippen LogP contribution in [-0.2, 0) is 25.6 Å². The molecule has 2 heterocycles. The van der Waals surface area contributed by atoms with E-state index in [2.05, 4.69) is 12.1 Å². The minimum atomic E-state index is -0.209. The van der Waals surface area contributed by atoms with Crippen LogP contribution in [0.3, 0.4) is 0 Å². The molecule has 0 unspecified atom stereocenters. The molecule has 1 aromatic rings. The van der Waals surface area contributed by atoms with Crippen molar-refractivity contribution in [2.24, 2.45) is 0 Å². The van der Waals surface area contributed by atoms with Gasteiger partial charge in [-0.2, -0.15) is 0 Å². The third-order valence-electron chi connectivity index (χ3n) is 3.13. The van der Waals surface area contributed by atoms with E-state index in [1.54, 1.807) is 7.11 Å². The first-order valence-electron chi connectivity index (χ1n) is 5.86. The molecule has 0 radical (unpaired) electrons. The van der Waals surface area contributed by atoms with E-state index in [0.29, 0.717) is 6.61 Å². The topological polar surface area (TPSA) is 40.2 Å². The van der Waals surface area contributed by atoms with Gasteiger partial charge < -0.3 is 18.9 Å².